The smallest absolute Gasteiger partial charge is 0.251 e. The normalized spacial score (nSPS) is 13.9. The molecule has 182 valence electrons. The fourth-order valence-corrected chi connectivity index (χ4v) is 3.70. The van der Waals surface area contributed by atoms with Gasteiger partial charge in [0.15, 0.2) is 0 Å². The van der Waals surface area contributed by atoms with Gasteiger partial charge in [0.1, 0.15) is 5.75 Å². The van der Waals surface area contributed by atoms with Gasteiger partial charge in [0.25, 0.3) is 5.91 Å². The highest BCUT2D eigenvalue weighted by atomic mass is 35.5. The zero-order valence-electron chi connectivity index (χ0n) is 19.4. The molecule has 0 saturated carbocycles. The molecule has 2 N–H and O–H groups in total. The van der Waals surface area contributed by atoms with Gasteiger partial charge in [0.2, 0.25) is 11.8 Å². The number of piperazine rings is 1. The first-order valence-electron chi connectivity index (χ1n) is 11.5. The summed E-state index contributed by atoms with van der Waals surface area (Å²) in [7, 11) is 0. The number of benzene rings is 2. The van der Waals surface area contributed by atoms with E-state index in [1.54, 1.807) is 47.4 Å². The van der Waals surface area contributed by atoms with Crippen LogP contribution in [-0.4, -0.2) is 73.4 Å². The number of para-hydroxylation sites is 1. The fourth-order valence-electron chi connectivity index (χ4n) is 3.52. The average Bonchev–Trinajstić information content (AvgIpc) is 2.85. The Balaban J connectivity index is 1.37. The van der Waals surface area contributed by atoms with Crippen LogP contribution in [0.2, 0.25) is 5.02 Å². The summed E-state index contributed by atoms with van der Waals surface area (Å²) in [6, 6.07) is 14.0. The van der Waals surface area contributed by atoms with Gasteiger partial charge < -0.3 is 20.3 Å². The number of rotatable bonds is 10. The molecule has 1 fully saturated rings. The molecule has 1 heterocycles. The number of hydrogen-bond donors (Lipinski definition) is 2. The van der Waals surface area contributed by atoms with Crippen LogP contribution in [0.1, 0.15) is 30.1 Å². The lowest BCUT2D eigenvalue weighted by atomic mass is 10.2. The van der Waals surface area contributed by atoms with Crippen molar-refractivity contribution in [1.82, 2.24) is 15.1 Å². The molecular formula is C25H31ClN4O4. The van der Waals surface area contributed by atoms with Crippen molar-refractivity contribution in [1.29, 1.82) is 0 Å². The van der Waals surface area contributed by atoms with Gasteiger partial charge in [-0.1, -0.05) is 37.1 Å². The molecule has 0 bridgehead atoms. The van der Waals surface area contributed by atoms with Crippen LogP contribution in [0.4, 0.5) is 5.69 Å². The highest BCUT2D eigenvalue weighted by Gasteiger charge is 2.23. The molecule has 9 heteroatoms. The summed E-state index contributed by atoms with van der Waals surface area (Å²) in [5, 5.41) is 5.98. The van der Waals surface area contributed by atoms with Crippen molar-refractivity contribution >= 4 is 35.0 Å². The number of amides is 3. The summed E-state index contributed by atoms with van der Waals surface area (Å²) >= 11 is 6.08. The molecule has 1 aliphatic rings. The number of hydrogen-bond acceptors (Lipinski definition) is 5. The molecule has 0 aromatic heterocycles. The summed E-state index contributed by atoms with van der Waals surface area (Å²) < 4.78 is 5.60. The van der Waals surface area contributed by atoms with Gasteiger partial charge in [0, 0.05) is 31.7 Å². The third-order valence-corrected chi connectivity index (χ3v) is 5.85. The van der Waals surface area contributed by atoms with Crippen molar-refractivity contribution in [3.8, 4) is 5.75 Å². The average molecular weight is 487 g/mol. The molecule has 3 amide bonds. The SMILES string of the molecule is CCCCOc1ccc(C(=O)NCC(=O)N2CCN(CC(=O)Nc3ccccc3Cl)CC2)cc1. The van der Waals surface area contributed by atoms with Crippen LogP contribution >= 0.6 is 11.6 Å². The number of nitrogens with zero attached hydrogens (tertiary/aromatic N) is 2. The second kappa shape index (κ2) is 13.0. The predicted molar refractivity (Wildman–Crippen MR) is 132 cm³/mol. The van der Waals surface area contributed by atoms with E-state index in [9.17, 15) is 14.4 Å². The molecule has 3 rings (SSSR count). The molecule has 2 aromatic rings. The Labute approximate surface area is 205 Å². The second-order valence-corrected chi connectivity index (χ2v) is 8.50. The first-order chi connectivity index (χ1) is 16.5. The number of ether oxygens (including phenoxy) is 1. The Hall–Kier alpha value is -3.10. The molecule has 0 atom stereocenters. The van der Waals surface area contributed by atoms with Crippen LogP contribution in [0.25, 0.3) is 0 Å². The molecule has 1 saturated heterocycles. The Morgan fingerprint density at radius 2 is 1.71 bits per heavy atom. The Morgan fingerprint density at radius 3 is 2.38 bits per heavy atom. The highest BCUT2D eigenvalue weighted by Crippen LogP contribution is 2.20. The van der Waals surface area contributed by atoms with E-state index >= 15 is 0 Å². The maximum absolute atomic E-state index is 12.5. The van der Waals surface area contributed by atoms with E-state index in [1.165, 1.54) is 0 Å². The summed E-state index contributed by atoms with van der Waals surface area (Å²) in [6.45, 7) is 5.05. The molecule has 0 unspecified atom stereocenters. The number of anilines is 1. The second-order valence-electron chi connectivity index (χ2n) is 8.09. The molecule has 0 radical (unpaired) electrons. The van der Waals surface area contributed by atoms with Gasteiger partial charge in [0.05, 0.1) is 30.4 Å². The Kier molecular flexibility index (Phi) is 9.73. The van der Waals surface area contributed by atoms with E-state index in [0.29, 0.717) is 49.1 Å². The van der Waals surface area contributed by atoms with Gasteiger partial charge in [-0.25, -0.2) is 0 Å². The van der Waals surface area contributed by atoms with E-state index in [1.807, 2.05) is 11.0 Å². The summed E-state index contributed by atoms with van der Waals surface area (Å²) in [5.41, 5.74) is 1.06. The summed E-state index contributed by atoms with van der Waals surface area (Å²) in [4.78, 5) is 40.9. The van der Waals surface area contributed by atoms with E-state index in [4.69, 9.17) is 16.3 Å². The zero-order chi connectivity index (χ0) is 24.3. The predicted octanol–water partition coefficient (Wildman–Crippen LogP) is 3.03. The molecule has 0 aliphatic carbocycles. The fraction of sp³-hybridized carbons (Fsp3) is 0.400. The van der Waals surface area contributed by atoms with Crippen molar-refractivity contribution in [2.24, 2.45) is 0 Å². The van der Waals surface area contributed by atoms with Crippen molar-refractivity contribution < 1.29 is 19.1 Å². The number of carbonyl (C=O) groups excluding carboxylic acids is 3. The molecule has 0 spiro atoms. The first kappa shape index (κ1) is 25.5. The van der Waals surface area contributed by atoms with Crippen molar-refractivity contribution in [2.75, 3.05) is 51.2 Å². The standard InChI is InChI=1S/C25H31ClN4O4/c1-2-3-16-34-20-10-8-19(9-11-20)25(33)27-17-24(32)30-14-12-29(13-15-30)18-23(31)28-22-7-5-4-6-21(22)26/h4-11H,2-3,12-18H2,1H3,(H,27,33)(H,28,31). The minimum atomic E-state index is -0.302. The number of nitrogens with one attached hydrogen (secondary N) is 2. The topological polar surface area (TPSA) is 91.0 Å². The first-order valence-corrected chi connectivity index (χ1v) is 11.9. The monoisotopic (exact) mass is 486 g/mol. The number of unbranched alkanes of at least 4 members (excludes halogenated alkanes) is 1. The van der Waals surface area contributed by atoms with Gasteiger partial charge in [-0.05, 0) is 42.8 Å². The van der Waals surface area contributed by atoms with Crippen molar-refractivity contribution in [3.63, 3.8) is 0 Å². The van der Waals surface area contributed by atoms with Crippen LogP contribution in [0.3, 0.4) is 0 Å². The van der Waals surface area contributed by atoms with Gasteiger partial charge in [-0.2, -0.15) is 0 Å². The molecule has 1 aliphatic heterocycles. The molecule has 2 aromatic carbocycles. The highest BCUT2D eigenvalue weighted by molar-refractivity contribution is 6.33. The molecular weight excluding hydrogens is 456 g/mol. The molecule has 34 heavy (non-hydrogen) atoms. The summed E-state index contributed by atoms with van der Waals surface area (Å²) in [5.74, 6) is 0.123. The lowest BCUT2D eigenvalue weighted by molar-refractivity contribution is -0.132. The minimum Gasteiger partial charge on any atom is -0.494 e. The van der Waals surface area contributed by atoms with E-state index in [0.717, 1.165) is 18.6 Å². The van der Waals surface area contributed by atoms with Crippen LogP contribution in [0, 0.1) is 0 Å². The minimum absolute atomic E-state index is 0.0689. The summed E-state index contributed by atoms with van der Waals surface area (Å²) in [6.07, 6.45) is 2.04. The quantitative estimate of drug-likeness (QED) is 0.504. The largest absolute Gasteiger partial charge is 0.494 e. The van der Waals surface area contributed by atoms with Gasteiger partial charge in [-0.15, -0.1) is 0 Å². The Morgan fingerprint density at radius 1 is 1.00 bits per heavy atom. The lowest BCUT2D eigenvalue weighted by Crippen LogP contribution is -2.52. The third-order valence-electron chi connectivity index (χ3n) is 5.52. The zero-order valence-corrected chi connectivity index (χ0v) is 20.1. The maximum atomic E-state index is 12.5. The van der Waals surface area contributed by atoms with Crippen LogP contribution < -0.4 is 15.4 Å². The Bertz CT molecular complexity index is 975. The molecule has 8 nitrogen and oxygen atoms in total. The third kappa shape index (κ3) is 7.74. The van der Waals surface area contributed by atoms with Gasteiger partial charge >= 0.3 is 0 Å². The van der Waals surface area contributed by atoms with E-state index < -0.39 is 0 Å². The lowest BCUT2D eigenvalue weighted by Gasteiger charge is -2.34. The van der Waals surface area contributed by atoms with Crippen LogP contribution in [0.5, 0.6) is 5.75 Å². The van der Waals surface area contributed by atoms with Crippen molar-refractivity contribution in [3.05, 3.63) is 59.1 Å². The van der Waals surface area contributed by atoms with E-state index in [-0.39, 0.29) is 30.8 Å². The van der Waals surface area contributed by atoms with Gasteiger partial charge in [-0.3, -0.25) is 19.3 Å². The van der Waals surface area contributed by atoms with Crippen molar-refractivity contribution in [2.45, 2.75) is 19.8 Å². The van der Waals surface area contributed by atoms with E-state index in [2.05, 4.69) is 17.6 Å². The maximum Gasteiger partial charge on any atom is 0.251 e. The van der Waals surface area contributed by atoms with Crippen LogP contribution in [-0.2, 0) is 9.59 Å². The van der Waals surface area contributed by atoms with Crippen LogP contribution in [0.15, 0.2) is 48.5 Å². The number of carbonyl (C=O) groups is 3. The number of halogens is 1.